The van der Waals surface area contributed by atoms with Crippen LogP contribution in [0, 0.1) is 0 Å². The molecule has 74 valence electrons. The maximum absolute atomic E-state index is 5.58. The Balaban J connectivity index is 2.26. The van der Waals surface area contributed by atoms with Crippen LogP contribution in [0.25, 0.3) is 0 Å². The molecule has 0 saturated heterocycles. The predicted molar refractivity (Wildman–Crippen MR) is 61.3 cm³/mol. The Morgan fingerprint density at radius 1 is 1.64 bits per heavy atom. The second kappa shape index (κ2) is 4.05. The molecule has 0 aromatic carbocycles. The summed E-state index contributed by atoms with van der Waals surface area (Å²) in [5.74, 6) is 0.456. The molecule has 0 amide bonds. The first-order valence-corrected chi connectivity index (χ1v) is 5.40. The highest BCUT2D eigenvalue weighted by molar-refractivity contribution is 7.80. The van der Waals surface area contributed by atoms with Gasteiger partial charge in [0.15, 0.2) is 0 Å². The number of aryl methyl sites for hydroxylation is 1. The highest BCUT2D eigenvalue weighted by Gasteiger charge is 2.21. The van der Waals surface area contributed by atoms with Gasteiger partial charge in [-0.3, -0.25) is 4.98 Å². The standard InChI is InChI=1S/C11H14N2S/c12-10(14)7-9-4-1-3-8-5-2-6-13-11(8)9/h2,5-6,9H,1,3-4,7H2,(H2,12,14). The van der Waals surface area contributed by atoms with E-state index < -0.39 is 0 Å². The molecule has 2 nitrogen and oxygen atoms in total. The molecule has 0 saturated carbocycles. The number of hydrogen-bond acceptors (Lipinski definition) is 2. The van der Waals surface area contributed by atoms with Gasteiger partial charge in [0.2, 0.25) is 0 Å². The highest BCUT2D eigenvalue weighted by Crippen LogP contribution is 2.31. The minimum Gasteiger partial charge on any atom is -0.393 e. The van der Waals surface area contributed by atoms with Crippen molar-refractivity contribution in [2.75, 3.05) is 0 Å². The molecule has 1 atom stereocenters. The van der Waals surface area contributed by atoms with Crippen molar-refractivity contribution in [3.8, 4) is 0 Å². The van der Waals surface area contributed by atoms with Crippen molar-refractivity contribution in [2.24, 2.45) is 5.73 Å². The van der Waals surface area contributed by atoms with Crippen molar-refractivity contribution in [2.45, 2.75) is 31.6 Å². The molecule has 1 unspecified atom stereocenters. The van der Waals surface area contributed by atoms with E-state index in [-0.39, 0.29) is 0 Å². The summed E-state index contributed by atoms with van der Waals surface area (Å²) in [6.07, 6.45) is 6.21. The summed E-state index contributed by atoms with van der Waals surface area (Å²) in [5.41, 5.74) is 8.17. The Labute approximate surface area is 89.5 Å². The van der Waals surface area contributed by atoms with Crippen LogP contribution >= 0.6 is 12.2 Å². The lowest BCUT2D eigenvalue weighted by Gasteiger charge is -2.23. The molecule has 2 N–H and O–H groups in total. The van der Waals surface area contributed by atoms with E-state index in [1.807, 2.05) is 12.3 Å². The van der Waals surface area contributed by atoms with E-state index in [9.17, 15) is 0 Å². The molecule has 0 radical (unpaired) electrons. The normalized spacial score (nSPS) is 20.1. The molecule has 1 aromatic rings. The van der Waals surface area contributed by atoms with E-state index >= 15 is 0 Å². The molecular weight excluding hydrogens is 192 g/mol. The van der Waals surface area contributed by atoms with Gasteiger partial charge in [-0.2, -0.15) is 0 Å². The first kappa shape index (κ1) is 9.59. The topological polar surface area (TPSA) is 38.9 Å². The number of hydrogen-bond donors (Lipinski definition) is 1. The highest BCUT2D eigenvalue weighted by atomic mass is 32.1. The van der Waals surface area contributed by atoms with Crippen molar-refractivity contribution in [3.63, 3.8) is 0 Å². The van der Waals surface area contributed by atoms with Crippen LogP contribution in [-0.2, 0) is 6.42 Å². The van der Waals surface area contributed by atoms with Crippen LogP contribution in [0.4, 0.5) is 0 Å². The second-order valence-electron chi connectivity index (χ2n) is 3.81. The Bertz CT molecular complexity index is 349. The largest absolute Gasteiger partial charge is 0.393 e. The van der Waals surface area contributed by atoms with Gasteiger partial charge in [0.05, 0.1) is 4.99 Å². The molecule has 1 heterocycles. The maximum atomic E-state index is 5.58. The van der Waals surface area contributed by atoms with Gasteiger partial charge >= 0.3 is 0 Å². The first-order valence-electron chi connectivity index (χ1n) is 4.99. The van der Waals surface area contributed by atoms with Gasteiger partial charge in [-0.15, -0.1) is 0 Å². The fourth-order valence-corrected chi connectivity index (χ4v) is 2.35. The molecule has 0 bridgehead atoms. The molecule has 2 rings (SSSR count). The second-order valence-corrected chi connectivity index (χ2v) is 4.33. The van der Waals surface area contributed by atoms with Gasteiger partial charge in [-0.25, -0.2) is 0 Å². The third-order valence-corrected chi connectivity index (χ3v) is 2.93. The van der Waals surface area contributed by atoms with Crippen molar-refractivity contribution in [1.29, 1.82) is 0 Å². The number of pyridine rings is 1. The van der Waals surface area contributed by atoms with Gasteiger partial charge in [-0.1, -0.05) is 18.3 Å². The Hall–Kier alpha value is -0.960. The monoisotopic (exact) mass is 206 g/mol. The van der Waals surface area contributed by atoms with Crippen LogP contribution in [0.1, 0.15) is 36.4 Å². The maximum Gasteiger partial charge on any atom is 0.0734 e. The molecular formula is C11H14N2S. The summed E-state index contributed by atoms with van der Waals surface area (Å²) >= 11 is 4.96. The number of aromatic nitrogens is 1. The zero-order chi connectivity index (χ0) is 9.97. The third kappa shape index (κ3) is 1.93. The number of fused-ring (bicyclic) bond motifs is 1. The average Bonchev–Trinajstić information content (AvgIpc) is 2.18. The van der Waals surface area contributed by atoms with Gasteiger partial charge in [0.25, 0.3) is 0 Å². The van der Waals surface area contributed by atoms with Crippen LogP contribution in [-0.4, -0.2) is 9.97 Å². The molecule has 0 aliphatic heterocycles. The fourth-order valence-electron chi connectivity index (χ4n) is 2.15. The third-order valence-electron chi connectivity index (χ3n) is 2.76. The predicted octanol–water partition coefficient (Wildman–Crippen LogP) is 2.18. The summed E-state index contributed by atoms with van der Waals surface area (Å²) in [7, 11) is 0. The quantitative estimate of drug-likeness (QED) is 0.754. The Morgan fingerprint density at radius 3 is 3.29 bits per heavy atom. The van der Waals surface area contributed by atoms with Crippen LogP contribution in [0.3, 0.4) is 0 Å². The number of rotatable bonds is 2. The summed E-state index contributed by atoms with van der Waals surface area (Å²) in [4.78, 5) is 5.04. The van der Waals surface area contributed by atoms with E-state index in [0.29, 0.717) is 10.9 Å². The molecule has 0 fully saturated rings. The summed E-state index contributed by atoms with van der Waals surface area (Å²) in [6, 6.07) is 4.16. The van der Waals surface area contributed by atoms with Crippen LogP contribution in [0.15, 0.2) is 18.3 Å². The lowest BCUT2D eigenvalue weighted by atomic mass is 9.85. The molecule has 0 spiro atoms. The lowest BCUT2D eigenvalue weighted by molar-refractivity contribution is 0.552. The van der Waals surface area contributed by atoms with Crippen molar-refractivity contribution < 1.29 is 0 Å². The van der Waals surface area contributed by atoms with E-state index in [1.165, 1.54) is 24.1 Å². The number of nitrogens with two attached hydrogens (primary N) is 1. The van der Waals surface area contributed by atoms with Gasteiger partial charge in [0, 0.05) is 24.2 Å². The summed E-state index contributed by atoms with van der Waals surface area (Å²) in [6.45, 7) is 0. The van der Waals surface area contributed by atoms with Crippen LogP contribution in [0.2, 0.25) is 0 Å². The van der Waals surface area contributed by atoms with Crippen LogP contribution < -0.4 is 5.73 Å². The molecule has 14 heavy (non-hydrogen) atoms. The van der Waals surface area contributed by atoms with Crippen LogP contribution in [0.5, 0.6) is 0 Å². The SMILES string of the molecule is NC(=S)CC1CCCc2cccnc21. The minimum atomic E-state index is 0.456. The smallest absolute Gasteiger partial charge is 0.0734 e. The van der Waals surface area contributed by atoms with E-state index in [0.717, 1.165) is 12.8 Å². The van der Waals surface area contributed by atoms with Gasteiger partial charge in [-0.05, 0) is 30.9 Å². The van der Waals surface area contributed by atoms with E-state index in [1.54, 1.807) is 0 Å². The zero-order valence-electron chi connectivity index (χ0n) is 8.07. The van der Waals surface area contributed by atoms with Crippen molar-refractivity contribution in [1.82, 2.24) is 4.98 Å². The average molecular weight is 206 g/mol. The number of nitrogens with zero attached hydrogens (tertiary/aromatic N) is 1. The summed E-state index contributed by atoms with van der Waals surface area (Å²) < 4.78 is 0. The fraction of sp³-hybridized carbons (Fsp3) is 0.455. The summed E-state index contributed by atoms with van der Waals surface area (Å²) in [5, 5.41) is 0. The van der Waals surface area contributed by atoms with Crippen molar-refractivity contribution >= 4 is 17.2 Å². The molecule has 1 aromatic heterocycles. The lowest BCUT2D eigenvalue weighted by Crippen LogP contribution is -2.18. The zero-order valence-corrected chi connectivity index (χ0v) is 8.89. The first-order chi connectivity index (χ1) is 6.77. The Morgan fingerprint density at radius 2 is 2.50 bits per heavy atom. The molecule has 3 heteroatoms. The Kier molecular flexibility index (Phi) is 2.77. The van der Waals surface area contributed by atoms with Gasteiger partial charge in [0.1, 0.15) is 0 Å². The minimum absolute atomic E-state index is 0.456. The van der Waals surface area contributed by atoms with E-state index in [2.05, 4.69) is 11.1 Å². The molecule has 1 aliphatic carbocycles. The molecule has 1 aliphatic rings. The van der Waals surface area contributed by atoms with Crippen molar-refractivity contribution in [3.05, 3.63) is 29.6 Å². The van der Waals surface area contributed by atoms with Gasteiger partial charge < -0.3 is 5.73 Å². The number of thiocarbonyl (C=S) groups is 1. The van der Waals surface area contributed by atoms with E-state index in [4.69, 9.17) is 18.0 Å².